The molecular weight excluding hydrogens is 546 g/mol. The van der Waals surface area contributed by atoms with Crippen molar-refractivity contribution in [2.24, 2.45) is 0 Å². The molecule has 0 radical (unpaired) electrons. The molecule has 4 N–H and O–H groups in total. The van der Waals surface area contributed by atoms with E-state index in [1.165, 1.54) is 4.52 Å². The number of rotatable bonds is 4. The van der Waals surface area contributed by atoms with Gasteiger partial charge in [-0.25, -0.2) is 14.5 Å². The molecule has 2 aromatic carbocycles. The zero-order valence-electron chi connectivity index (χ0n) is 22.8. The van der Waals surface area contributed by atoms with E-state index in [9.17, 15) is 14.4 Å². The molecule has 6 aromatic rings. The third kappa shape index (κ3) is 4.36. The molecule has 1 atom stereocenters. The van der Waals surface area contributed by atoms with E-state index in [2.05, 4.69) is 37.5 Å². The van der Waals surface area contributed by atoms with Crippen molar-refractivity contribution in [3.63, 3.8) is 0 Å². The third-order valence-corrected chi connectivity index (χ3v) is 7.26. The monoisotopic (exact) mass is 569 g/mol. The lowest BCUT2D eigenvalue weighted by atomic mass is 10.0. The summed E-state index contributed by atoms with van der Waals surface area (Å²) in [5.74, 6) is 6.05. The van der Waals surface area contributed by atoms with Crippen LogP contribution in [-0.2, 0) is 11.3 Å². The summed E-state index contributed by atoms with van der Waals surface area (Å²) < 4.78 is 4.72. The Labute approximate surface area is 243 Å². The number of imidazole rings is 1. The summed E-state index contributed by atoms with van der Waals surface area (Å²) in [6.45, 7) is 1.94. The van der Waals surface area contributed by atoms with Crippen LogP contribution in [0.25, 0.3) is 22.1 Å². The molecule has 2 amide bonds. The maximum Gasteiger partial charge on any atom is 0.264 e. The van der Waals surface area contributed by atoms with Crippen molar-refractivity contribution in [3.8, 4) is 17.5 Å². The van der Waals surface area contributed by atoms with Crippen molar-refractivity contribution in [1.82, 2.24) is 34.0 Å². The fraction of sp³-hybridized carbons (Fsp3) is 0.0968. The van der Waals surface area contributed by atoms with E-state index >= 15 is 0 Å². The molecule has 0 saturated carbocycles. The predicted octanol–water partition coefficient (Wildman–Crippen LogP) is 2.66. The van der Waals surface area contributed by atoms with Crippen LogP contribution in [0.4, 0.5) is 11.8 Å². The quantitative estimate of drug-likeness (QED) is 0.276. The van der Waals surface area contributed by atoms with Crippen LogP contribution >= 0.6 is 0 Å². The number of nitrogen functional groups attached to an aromatic ring is 1. The Morgan fingerprint density at radius 3 is 2.74 bits per heavy atom. The number of para-hydroxylation sites is 1. The number of carbonyl (C=O) groups excluding carboxylic acids is 2. The molecule has 0 saturated heterocycles. The van der Waals surface area contributed by atoms with Gasteiger partial charge in [0.25, 0.3) is 11.5 Å². The van der Waals surface area contributed by atoms with Gasteiger partial charge in [0.2, 0.25) is 11.9 Å². The number of nitrogens with zero attached hydrogens (tertiary/aromatic N) is 6. The normalized spacial score (nSPS) is 12.9. The molecule has 0 aliphatic carbocycles. The number of amides is 2. The van der Waals surface area contributed by atoms with E-state index in [-0.39, 0.29) is 29.4 Å². The van der Waals surface area contributed by atoms with Gasteiger partial charge in [-0.3, -0.25) is 28.8 Å². The summed E-state index contributed by atoms with van der Waals surface area (Å²) >= 11 is 0. The van der Waals surface area contributed by atoms with Gasteiger partial charge in [0.1, 0.15) is 17.8 Å². The number of pyridine rings is 1. The molecule has 12 heteroatoms. The molecule has 0 spiro atoms. The van der Waals surface area contributed by atoms with Gasteiger partial charge < -0.3 is 11.1 Å². The highest BCUT2D eigenvalue weighted by Crippen LogP contribution is 2.25. The van der Waals surface area contributed by atoms with Crippen molar-refractivity contribution < 1.29 is 9.59 Å². The minimum atomic E-state index is -0.614. The average molecular weight is 570 g/mol. The second-order valence-corrected chi connectivity index (χ2v) is 10.0. The van der Waals surface area contributed by atoms with Crippen LogP contribution in [0.2, 0.25) is 0 Å². The zero-order chi connectivity index (χ0) is 29.7. The molecular formula is C31H23N9O3. The maximum atomic E-state index is 14.3. The van der Waals surface area contributed by atoms with E-state index in [4.69, 9.17) is 5.73 Å². The number of hydrogen-bond donors (Lipinski definition) is 3. The molecule has 1 unspecified atom stereocenters. The summed E-state index contributed by atoms with van der Waals surface area (Å²) in [5, 5.41) is 10.9. The first kappa shape index (κ1) is 25.7. The summed E-state index contributed by atoms with van der Waals surface area (Å²) in [6.07, 6.45) is 4.81. The van der Waals surface area contributed by atoms with Gasteiger partial charge in [-0.05, 0) is 48.6 Å². The van der Waals surface area contributed by atoms with Crippen LogP contribution in [0, 0.1) is 11.8 Å². The Kier molecular flexibility index (Phi) is 5.98. The van der Waals surface area contributed by atoms with Gasteiger partial charge in [-0.15, -0.1) is 5.10 Å². The van der Waals surface area contributed by atoms with E-state index in [0.717, 1.165) is 0 Å². The number of hydrogen-bond acceptors (Lipinski definition) is 7. The lowest BCUT2D eigenvalue weighted by Gasteiger charge is -2.21. The fourth-order valence-corrected chi connectivity index (χ4v) is 5.29. The van der Waals surface area contributed by atoms with Crippen molar-refractivity contribution in [3.05, 3.63) is 112 Å². The summed E-state index contributed by atoms with van der Waals surface area (Å²) in [6, 6.07) is 17.6. The second-order valence-electron chi connectivity index (χ2n) is 10.0. The van der Waals surface area contributed by atoms with Crippen molar-refractivity contribution in [2.45, 2.75) is 19.5 Å². The van der Waals surface area contributed by atoms with Crippen molar-refractivity contribution >= 4 is 40.0 Å². The van der Waals surface area contributed by atoms with Gasteiger partial charge in [-0.2, -0.15) is 0 Å². The van der Waals surface area contributed by atoms with E-state index in [1.807, 2.05) is 48.5 Å². The standard InChI is InChI=1S/C31H23N9O3/c1-18(35-29(42)26-27(32)37-39-14-6-13-33-28(26)39)23-15-20-8-5-7-19(11-12-22-16-34-31-36-24(41)17-38(22)31)25(20)30(43)40(23)21-9-3-2-4-10-21/h2-10,13-16,18H,17H2,1H3,(H2,32,37)(H,35,42)(H,34,36,41). The van der Waals surface area contributed by atoms with Crippen LogP contribution in [0.5, 0.6) is 0 Å². The molecule has 5 heterocycles. The molecule has 1 aliphatic heterocycles. The Bertz CT molecular complexity index is 2220. The lowest BCUT2D eigenvalue weighted by Crippen LogP contribution is -2.32. The van der Waals surface area contributed by atoms with Gasteiger partial charge in [0, 0.05) is 29.3 Å². The molecule has 43 heavy (non-hydrogen) atoms. The number of nitrogens with one attached hydrogen (secondary N) is 2. The Hall–Kier alpha value is -6.22. The third-order valence-electron chi connectivity index (χ3n) is 7.26. The SMILES string of the molecule is CC(NC(=O)c1c(N)nn2cccnc12)c1cc2cccc(C#Cc3cnc4n3CC(=O)N4)c2c(=O)n1-c1ccccc1. The minimum Gasteiger partial charge on any atom is -0.381 e. The van der Waals surface area contributed by atoms with E-state index in [0.29, 0.717) is 45.0 Å². The molecule has 0 bridgehead atoms. The first-order valence-electron chi connectivity index (χ1n) is 13.4. The first-order chi connectivity index (χ1) is 20.9. The second kappa shape index (κ2) is 10.0. The van der Waals surface area contributed by atoms with Gasteiger partial charge >= 0.3 is 0 Å². The minimum absolute atomic E-state index is 0.0505. The Balaban J connectivity index is 1.33. The summed E-state index contributed by atoms with van der Waals surface area (Å²) in [4.78, 5) is 48.0. The molecule has 12 nitrogen and oxygen atoms in total. The Morgan fingerprint density at radius 1 is 1.07 bits per heavy atom. The number of carbonyl (C=O) groups is 2. The van der Waals surface area contributed by atoms with E-state index in [1.54, 1.807) is 46.8 Å². The van der Waals surface area contributed by atoms with Gasteiger partial charge in [0.15, 0.2) is 11.5 Å². The van der Waals surface area contributed by atoms with Gasteiger partial charge in [0.05, 0.1) is 17.6 Å². The van der Waals surface area contributed by atoms with Crippen LogP contribution in [-0.4, -0.2) is 40.5 Å². The van der Waals surface area contributed by atoms with Gasteiger partial charge in [-0.1, -0.05) is 36.3 Å². The first-order valence-corrected chi connectivity index (χ1v) is 13.4. The highest BCUT2D eigenvalue weighted by atomic mass is 16.2. The summed E-state index contributed by atoms with van der Waals surface area (Å²) in [7, 11) is 0. The average Bonchev–Trinajstić information content (AvgIpc) is 3.67. The molecule has 4 aromatic heterocycles. The van der Waals surface area contributed by atoms with E-state index < -0.39 is 11.9 Å². The smallest absolute Gasteiger partial charge is 0.264 e. The molecule has 1 aliphatic rings. The number of fused-ring (bicyclic) bond motifs is 3. The molecule has 0 fully saturated rings. The van der Waals surface area contributed by atoms with Crippen LogP contribution < -0.4 is 21.9 Å². The number of nitrogens with two attached hydrogens (primary N) is 1. The Morgan fingerprint density at radius 2 is 1.91 bits per heavy atom. The maximum absolute atomic E-state index is 14.3. The fourth-order valence-electron chi connectivity index (χ4n) is 5.29. The topological polar surface area (TPSA) is 154 Å². The number of benzene rings is 2. The highest BCUT2D eigenvalue weighted by Gasteiger charge is 2.24. The molecule has 210 valence electrons. The highest BCUT2D eigenvalue weighted by molar-refractivity contribution is 6.04. The number of aromatic nitrogens is 6. The van der Waals surface area contributed by atoms with Crippen LogP contribution in [0.15, 0.2) is 84.0 Å². The van der Waals surface area contributed by atoms with Crippen molar-refractivity contribution in [2.75, 3.05) is 11.1 Å². The zero-order valence-corrected chi connectivity index (χ0v) is 22.8. The summed E-state index contributed by atoms with van der Waals surface area (Å²) in [5.41, 5.74) is 8.54. The lowest BCUT2D eigenvalue weighted by molar-refractivity contribution is -0.115. The van der Waals surface area contributed by atoms with Crippen LogP contribution in [0.1, 0.15) is 40.3 Å². The molecule has 7 rings (SSSR count). The van der Waals surface area contributed by atoms with Crippen molar-refractivity contribution in [1.29, 1.82) is 0 Å². The predicted molar refractivity (Wildman–Crippen MR) is 160 cm³/mol. The number of anilines is 2. The largest absolute Gasteiger partial charge is 0.381 e. The van der Waals surface area contributed by atoms with Crippen LogP contribution in [0.3, 0.4) is 0 Å².